The fraction of sp³-hybridized carbons (Fsp3) is 0.619. The summed E-state index contributed by atoms with van der Waals surface area (Å²) in [7, 11) is 3.94. The Balaban J connectivity index is 0.00000364. The van der Waals surface area contributed by atoms with Gasteiger partial charge in [0.15, 0.2) is 5.96 Å². The lowest BCUT2D eigenvalue weighted by molar-refractivity contribution is 0.0955. The van der Waals surface area contributed by atoms with E-state index in [2.05, 4.69) is 34.5 Å². The topological polar surface area (TPSA) is 56.7 Å². The molecule has 1 aromatic carbocycles. The van der Waals surface area contributed by atoms with Crippen molar-refractivity contribution in [2.24, 2.45) is 16.8 Å². The van der Waals surface area contributed by atoms with Crippen LogP contribution in [0.4, 0.5) is 0 Å². The van der Waals surface area contributed by atoms with Crippen molar-refractivity contribution in [3.8, 4) is 0 Å². The van der Waals surface area contributed by atoms with E-state index in [9.17, 15) is 4.79 Å². The molecule has 1 fully saturated rings. The van der Waals surface area contributed by atoms with E-state index in [1.807, 2.05) is 38.2 Å². The maximum atomic E-state index is 12.0. The molecule has 0 unspecified atom stereocenters. The first-order valence-corrected chi connectivity index (χ1v) is 9.82. The van der Waals surface area contributed by atoms with Gasteiger partial charge in [-0.15, -0.1) is 24.0 Å². The van der Waals surface area contributed by atoms with Crippen LogP contribution in [0.15, 0.2) is 29.3 Å². The van der Waals surface area contributed by atoms with Gasteiger partial charge >= 0.3 is 0 Å². The molecule has 2 N–H and O–H groups in total. The van der Waals surface area contributed by atoms with Gasteiger partial charge in [0, 0.05) is 39.3 Å². The SMILES string of the molecule is CCNC(=O)c1cccc(CNC(=NC)N(C)CC2CCC(C)CC2)c1.I. The van der Waals surface area contributed by atoms with Crippen molar-refractivity contribution in [3.63, 3.8) is 0 Å². The number of aliphatic imine (C=N–C) groups is 1. The average molecular weight is 486 g/mol. The van der Waals surface area contributed by atoms with Crippen LogP contribution < -0.4 is 10.6 Å². The number of benzene rings is 1. The number of hydrogen-bond acceptors (Lipinski definition) is 2. The summed E-state index contributed by atoms with van der Waals surface area (Å²) in [6.45, 7) is 6.63. The third kappa shape index (κ3) is 7.68. The van der Waals surface area contributed by atoms with Gasteiger partial charge in [0.25, 0.3) is 5.91 Å². The summed E-state index contributed by atoms with van der Waals surface area (Å²) >= 11 is 0. The summed E-state index contributed by atoms with van der Waals surface area (Å²) < 4.78 is 0. The molecule has 0 radical (unpaired) electrons. The number of carbonyl (C=O) groups is 1. The number of carbonyl (C=O) groups excluding carboxylic acids is 1. The summed E-state index contributed by atoms with van der Waals surface area (Å²) in [5.74, 6) is 2.52. The van der Waals surface area contributed by atoms with Crippen molar-refractivity contribution in [1.82, 2.24) is 15.5 Å². The lowest BCUT2D eigenvalue weighted by atomic mass is 9.83. The van der Waals surface area contributed by atoms with E-state index in [4.69, 9.17) is 0 Å². The molecule has 27 heavy (non-hydrogen) atoms. The van der Waals surface area contributed by atoms with E-state index in [0.29, 0.717) is 18.7 Å². The van der Waals surface area contributed by atoms with Crippen LogP contribution in [0.1, 0.15) is 55.5 Å². The zero-order valence-corrected chi connectivity index (χ0v) is 19.5. The Morgan fingerprint density at radius 3 is 2.56 bits per heavy atom. The fourth-order valence-corrected chi connectivity index (χ4v) is 3.64. The average Bonchev–Trinajstić information content (AvgIpc) is 2.64. The van der Waals surface area contributed by atoms with Gasteiger partial charge in [-0.05, 0) is 49.3 Å². The minimum absolute atomic E-state index is 0. The number of guanidine groups is 1. The molecular formula is C21H35IN4O. The summed E-state index contributed by atoms with van der Waals surface area (Å²) in [4.78, 5) is 18.6. The normalized spacial score (nSPS) is 19.8. The molecule has 0 saturated heterocycles. The van der Waals surface area contributed by atoms with Gasteiger partial charge < -0.3 is 15.5 Å². The molecule has 1 aliphatic carbocycles. The zero-order valence-electron chi connectivity index (χ0n) is 17.1. The smallest absolute Gasteiger partial charge is 0.251 e. The third-order valence-corrected chi connectivity index (χ3v) is 5.22. The van der Waals surface area contributed by atoms with Crippen LogP contribution in [-0.4, -0.2) is 44.0 Å². The molecule has 0 spiro atoms. The van der Waals surface area contributed by atoms with Crippen molar-refractivity contribution in [1.29, 1.82) is 0 Å². The number of nitrogens with zero attached hydrogens (tertiary/aromatic N) is 2. The lowest BCUT2D eigenvalue weighted by Crippen LogP contribution is -2.41. The molecule has 0 bridgehead atoms. The Morgan fingerprint density at radius 1 is 1.22 bits per heavy atom. The maximum Gasteiger partial charge on any atom is 0.251 e. The predicted octanol–water partition coefficient (Wildman–Crippen LogP) is 3.89. The predicted molar refractivity (Wildman–Crippen MR) is 124 cm³/mol. The summed E-state index contributed by atoms with van der Waals surface area (Å²) in [5, 5.41) is 6.27. The third-order valence-electron chi connectivity index (χ3n) is 5.22. The molecule has 1 saturated carbocycles. The lowest BCUT2D eigenvalue weighted by Gasteiger charge is -2.31. The second-order valence-electron chi connectivity index (χ2n) is 7.47. The van der Waals surface area contributed by atoms with Crippen molar-refractivity contribution >= 4 is 35.8 Å². The number of hydrogen-bond donors (Lipinski definition) is 2. The van der Waals surface area contributed by atoms with Crippen LogP contribution in [0.2, 0.25) is 0 Å². The van der Waals surface area contributed by atoms with Crippen molar-refractivity contribution < 1.29 is 4.79 Å². The van der Waals surface area contributed by atoms with Crippen LogP contribution >= 0.6 is 24.0 Å². The Kier molecular flexibility index (Phi) is 10.7. The van der Waals surface area contributed by atoms with Crippen molar-refractivity contribution in [2.75, 3.05) is 27.2 Å². The molecule has 0 atom stereocenters. The van der Waals surface area contributed by atoms with Gasteiger partial charge in [-0.3, -0.25) is 9.79 Å². The minimum Gasteiger partial charge on any atom is -0.352 e. The van der Waals surface area contributed by atoms with E-state index >= 15 is 0 Å². The Hall–Kier alpha value is -1.31. The van der Waals surface area contributed by atoms with E-state index < -0.39 is 0 Å². The van der Waals surface area contributed by atoms with Crippen LogP contribution in [-0.2, 0) is 6.54 Å². The molecule has 0 aromatic heterocycles. The maximum absolute atomic E-state index is 12.0. The first kappa shape index (κ1) is 23.7. The number of rotatable bonds is 6. The first-order valence-electron chi connectivity index (χ1n) is 9.82. The highest BCUT2D eigenvalue weighted by Gasteiger charge is 2.20. The van der Waals surface area contributed by atoms with E-state index in [-0.39, 0.29) is 29.9 Å². The highest BCUT2D eigenvalue weighted by Crippen LogP contribution is 2.28. The minimum atomic E-state index is -0.0256. The number of nitrogens with one attached hydrogen (secondary N) is 2. The van der Waals surface area contributed by atoms with Crippen LogP contribution in [0.5, 0.6) is 0 Å². The molecular weight excluding hydrogens is 451 g/mol. The van der Waals surface area contributed by atoms with Gasteiger partial charge in [0.05, 0.1) is 0 Å². The molecule has 0 heterocycles. The number of halogens is 1. The molecule has 5 nitrogen and oxygen atoms in total. The second kappa shape index (κ2) is 12.2. The van der Waals surface area contributed by atoms with Crippen LogP contribution in [0.3, 0.4) is 0 Å². The largest absolute Gasteiger partial charge is 0.352 e. The van der Waals surface area contributed by atoms with Crippen LogP contribution in [0.25, 0.3) is 0 Å². The fourth-order valence-electron chi connectivity index (χ4n) is 3.64. The van der Waals surface area contributed by atoms with Gasteiger partial charge in [0.1, 0.15) is 0 Å². The number of amides is 1. The first-order chi connectivity index (χ1) is 12.5. The molecule has 2 rings (SSSR count). The molecule has 1 aromatic rings. The van der Waals surface area contributed by atoms with Crippen molar-refractivity contribution in [2.45, 2.75) is 46.1 Å². The zero-order chi connectivity index (χ0) is 18.9. The second-order valence-corrected chi connectivity index (χ2v) is 7.47. The van der Waals surface area contributed by atoms with Crippen LogP contribution in [0, 0.1) is 11.8 Å². The van der Waals surface area contributed by atoms with E-state index in [0.717, 1.165) is 29.9 Å². The highest BCUT2D eigenvalue weighted by atomic mass is 127. The van der Waals surface area contributed by atoms with E-state index in [1.165, 1.54) is 25.7 Å². The quantitative estimate of drug-likeness (QED) is 0.365. The Bertz CT molecular complexity index is 612. The van der Waals surface area contributed by atoms with Gasteiger partial charge in [-0.1, -0.05) is 31.9 Å². The standard InChI is InChI=1S/C21H34N4O.HI/c1-5-23-20(26)19-8-6-7-18(13-19)14-24-21(22-3)25(4)15-17-11-9-16(2)10-12-17;/h6-8,13,16-17H,5,9-12,14-15H2,1-4H3,(H,22,24)(H,23,26);1H. The van der Waals surface area contributed by atoms with Gasteiger partial charge in [-0.2, -0.15) is 0 Å². The van der Waals surface area contributed by atoms with E-state index in [1.54, 1.807) is 0 Å². The highest BCUT2D eigenvalue weighted by molar-refractivity contribution is 14.0. The summed E-state index contributed by atoms with van der Waals surface area (Å²) in [5.41, 5.74) is 1.78. The summed E-state index contributed by atoms with van der Waals surface area (Å²) in [6, 6.07) is 7.75. The Morgan fingerprint density at radius 2 is 1.93 bits per heavy atom. The molecule has 152 valence electrons. The van der Waals surface area contributed by atoms with Gasteiger partial charge in [0.2, 0.25) is 0 Å². The molecule has 6 heteroatoms. The van der Waals surface area contributed by atoms with Crippen molar-refractivity contribution in [3.05, 3.63) is 35.4 Å². The molecule has 1 aliphatic rings. The summed E-state index contributed by atoms with van der Waals surface area (Å²) in [6.07, 6.45) is 5.32. The Labute approximate surface area is 181 Å². The van der Waals surface area contributed by atoms with Gasteiger partial charge in [-0.25, -0.2) is 0 Å². The molecule has 0 aliphatic heterocycles. The monoisotopic (exact) mass is 486 g/mol. The molecule has 1 amide bonds.